The second-order valence-electron chi connectivity index (χ2n) is 3.59. The van der Waals surface area contributed by atoms with Crippen LogP contribution in [0.2, 0.25) is 0 Å². The summed E-state index contributed by atoms with van der Waals surface area (Å²) in [5.74, 6) is 0.502. The van der Waals surface area contributed by atoms with Crippen LogP contribution in [0.15, 0.2) is 40.8 Å². The molecular weight excluding hydrogens is 232 g/mol. The van der Waals surface area contributed by atoms with Crippen LogP contribution < -0.4 is 9.88 Å². The molecule has 3 N–H and O–H groups in total. The van der Waals surface area contributed by atoms with E-state index in [1.54, 1.807) is 10.9 Å². The van der Waals surface area contributed by atoms with E-state index in [0.717, 1.165) is 11.4 Å². The van der Waals surface area contributed by atoms with Gasteiger partial charge in [0.2, 0.25) is 6.33 Å². The first-order valence-electron chi connectivity index (χ1n) is 5.56. The van der Waals surface area contributed by atoms with Gasteiger partial charge in [-0.2, -0.15) is 0 Å². The Kier molecular flexibility index (Phi) is 3.98. The van der Waals surface area contributed by atoms with Crippen LogP contribution in [-0.4, -0.2) is 29.0 Å². The van der Waals surface area contributed by atoms with Crippen molar-refractivity contribution in [1.29, 1.82) is 0 Å². The van der Waals surface area contributed by atoms with Crippen molar-refractivity contribution in [3.05, 3.63) is 30.6 Å². The highest BCUT2D eigenvalue weighted by Gasteiger charge is 2.09. The van der Waals surface area contributed by atoms with Gasteiger partial charge in [-0.1, -0.05) is 5.11 Å². The fourth-order valence-corrected chi connectivity index (χ4v) is 1.43. The Hall–Kier alpha value is -2.28. The molecule has 0 fully saturated rings. The number of benzene rings is 1. The summed E-state index contributed by atoms with van der Waals surface area (Å²) in [7, 11) is 1.86. The molecule has 1 aromatic heterocycles. The molecule has 7 heteroatoms. The maximum Gasteiger partial charge on any atom is 0.401 e. The van der Waals surface area contributed by atoms with Crippen molar-refractivity contribution in [3.8, 4) is 0 Å². The number of aromatic nitrogens is 3. The standard InChI is InChI=1S/C11H14N6O/c1-12-9-2-4-10(5-3-9)14-16-11-15-13-8-17(11)6-7-18/h2-5,8,18H,6-7H2,1H3,(H,12,15,16)/p+1. The molecule has 94 valence electrons. The Bertz CT molecular complexity index is 519. The van der Waals surface area contributed by atoms with Crippen LogP contribution >= 0.6 is 0 Å². The SMILES string of the molecule is CNc1ccc(N=Nc2[nH]nc[n+]2CCO)cc1. The largest absolute Gasteiger partial charge is 0.401 e. The minimum atomic E-state index is 0.0313. The molecule has 7 nitrogen and oxygen atoms in total. The van der Waals surface area contributed by atoms with E-state index in [1.807, 2.05) is 31.3 Å². The van der Waals surface area contributed by atoms with E-state index < -0.39 is 0 Å². The molecular formula is C11H15N6O+. The highest BCUT2D eigenvalue weighted by molar-refractivity contribution is 5.50. The molecule has 1 heterocycles. The van der Waals surface area contributed by atoms with Crippen LogP contribution in [0.25, 0.3) is 0 Å². The lowest BCUT2D eigenvalue weighted by Crippen LogP contribution is -2.33. The fourth-order valence-electron chi connectivity index (χ4n) is 1.43. The summed E-state index contributed by atoms with van der Waals surface area (Å²) in [5.41, 5.74) is 1.77. The first-order chi connectivity index (χ1) is 8.83. The number of aromatic amines is 1. The summed E-state index contributed by atoms with van der Waals surface area (Å²) in [6, 6.07) is 7.57. The van der Waals surface area contributed by atoms with Gasteiger partial charge in [-0.25, -0.2) is 4.57 Å². The molecule has 0 spiro atoms. The predicted octanol–water partition coefficient (Wildman–Crippen LogP) is 1.15. The third-order valence-corrected chi connectivity index (χ3v) is 2.39. The first kappa shape index (κ1) is 12.2. The maximum absolute atomic E-state index is 8.86. The minimum Gasteiger partial charge on any atom is -0.393 e. The first-order valence-corrected chi connectivity index (χ1v) is 5.56. The van der Waals surface area contributed by atoms with Crippen LogP contribution in [0.3, 0.4) is 0 Å². The number of rotatable bonds is 5. The van der Waals surface area contributed by atoms with E-state index in [1.165, 1.54) is 0 Å². The van der Waals surface area contributed by atoms with Crippen LogP contribution in [0.4, 0.5) is 17.3 Å². The number of nitrogens with zero attached hydrogens (tertiary/aromatic N) is 4. The van der Waals surface area contributed by atoms with E-state index in [0.29, 0.717) is 12.5 Å². The number of anilines is 1. The Morgan fingerprint density at radius 3 is 2.78 bits per heavy atom. The monoisotopic (exact) mass is 247 g/mol. The molecule has 0 amide bonds. The fraction of sp³-hybridized carbons (Fsp3) is 0.273. The van der Waals surface area contributed by atoms with Gasteiger partial charge in [-0.15, -0.1) is 5.10 Å². The van der Waals surface area contributed by atoms with E-state index in [4.69, 9.17) is 5.11 Å². The highest BCUT2D eigenvalue weighted by atomic mass is 16.3. The third-order valence-electron chi connectivity index (χ3n) is 2.39. The van der Waals surface area contributed by atoms with E-state index in [9.17, 15) is 0 Å². The number of hydrogen-bond acceptors (Lipinski definition) is 5. The van der Waals surface area contributed by atoms with E-state index in [2.05, 4.69) is 25.7 Å². The number of H-pyrrole nitrogens is 1. The van der Waals surface area contributed by atoms with Gasteiger partial charge >= 0.3 is 5.95 Å². The zero-order chi connectivity index (χ0) is 12.8. The molecule has 0 aliphatic rings. The van der Waals surface area contributed by atoms with Crippen molar-refractivity contribution in [3.63, 3.8) is 0 Å². The number of hydrogen-bond donors (Lipinski definition) is 3. The number of nitrogens with one attached hydrogen (secondary N) is 2. The molecule has 0 aliphatic heterocycles. The highest BCUT2D eigenvalue weighted by Crippen LogP contribution is 2.17. The zero-order valence-electron chi connectivity index (χ0n) is 10.0. The maximum atomic E-state index is 8.86. The molecule has 0 saturated carbocycles. The number of azo groups is 1. The predicted molar refractivity (Wildman–Crippen MR) is 66.0 cm³/mol. The smallest absolute Gasteiger partial charge is 0.393 e. The topological polar surface area (TPSA) is 89.5 Å². The Morgan fingerprint density at radius 1 is 1.33 bits per heavy atom. The molecule has 18 heavy (non-hydrogen) atoms. The van der Waals surface area contributed by atoms with Gasteiger partial charge in [0.1, 0.15) is 0 Å². The van der Waals surface area contributed by atoms with Crippen LogP contribution in [-0.2, 0) is 6.54 Å². The molecule has 0 atom stereocenters. The van der Waals surface area contributed by atoms with Crippen molar-refractivity contribution >= 4 is 17.3 Å². The molecule has 0 bridgehead atoms. The second-order valence-corrected chi connectivity index (χ2v) is 3.59. The van der Waals surface area contributed by atoms with Crippen molar-refractivity contribution < 1.29 is 9.67 Å². The molecule has 2 rings (SSSR count). The van der Waals surface area contributed by atoms with Gasteiger partial charge in [0.25, 0.3) is 0 Å². The lowest BCUT2D eigenvalue weighted by molar-refractivity contribution is -0.685. The third kappa shape index (κ3) is 2.89. The van der Waals surface area contributed by atoms with Gasteiger partial charge in [0.05, 0.1) is 18.8 Å². The minimum absolute atomic E-state index is 0.0313. The Labute approximate surface area is 104 Å². The van der Waals surface area contributed by atoms with Crippen LogP contribution in [0.5, 0.6) is 0 Å². The van der Waals surface area contributed by atoms with Crippen molar-refractivity contribution in [2.45, 2.75) is 6.54 Å². The average Bonchev–Trinajstić information content (AvgIpc) is 2.85. The molecule has 0 unspecified atom stereocenters. The molecule has 0 radical (unpaired) electrons. The van der Waals surface area contributed by atoms with E-state index >= 15 is 0 Å². The zero-order valence-corrected chi connectivity index (χ0v) is 10.0. The normalized spacial score (nSPS) is 11.0. The quantitative estimate of drug-likeness (QED) is 0.547. The Morgan fingerprint density at radius 2 is 2.11 bits per heavy atom. The molecule has 1 aromatic carbocycles. The summed E-state index contributed by atoms with van der Waals surface area (Å²) in [6.45, 7) is 0.465. The average molecular weight is 247 g/mol. The lowest BCUT2D eigenvalue weighted by Gasteiger charge is -1.97. The van der Waals surface area contributed by atoms with Gasteiger partial charge in [0.15, 0.2) is 0 Å². The van der Waals surface area contributed by atoms with Gasteiger partial charge in [0, 0.05) is 17.8 Å². The number of aliphatic hydroxyl groups excluding tert-OH is 1. The summed E-state index contributed by atoms with van der Waals surface area (Å²) < 4.78 is 1.69. The summed E-state index contributed by atoms with van der Waals surface area (Å²) in [5, 5.41) is 26.6. The summed E-state index contributed by atoms with van der Waals surface area (Å²) >= 11 is 0. The van der Waals surface area contributed by atoms with Crippen LogP contribution in [0.1, 0.15) is 0 Å². The van der Waals surface area contributed by atoms with Gasteiger partial charge < -0.3 is 10.4 Å². The summed E-state index contributed by atoms with van der Waals surface area (Å²) in [6.07, 6.45) is 1.56. The van der Waals surface area contributed by atoms with Crippen molar-refractivity contribution in [2.24, 2.45) is 10.2 Å². The van der Waals surface area contributed by atoms with Crippen LogP contribution in [0, 0.1) is 0 Å². The Balaban J connectivity index is 2.11. The van der Waals surface area contributed by atoms with Gasteiger partial charge in [-0.05, 0) is 29.4 Å². The lowest BCUT2D eigenvalue weighted by atomic mass is 10.3. The van der Waals surface area contributed by atoms with E-state index in [-0.39, 0.29) is 6.61 Å². The second kappa shape index (κ2) is 5.87. The van der Waals surface area contributed by atoms with Gasteiger partial charge in [-0.3, -0.25) is 0 Å². The molecule has 0 aliphatic carbocycles. The van der Waals surface area contributed by atoms with Crippen molar-refractivity contribution in [2.75, 3.05) is 19.0 Å². The number of aliphatic hydroxyl groups is 1. The molecule has 2 aromatic rings. The molecule has 0 saturated heterocycles. The summed E-state index contributed by atoms with van der Waals surface area (Å²) in [4.78, 5) is 0. The van der Waals surface area contributed by atoms with Crippen molar-refractivity contribution in [1.82, 2.24) is 10.2 Å².